The van der Waals surface area contributed by atoms with Gasteiger partial charge in [-0.15, -0.1) is 11.8 Å². The standard InChI is InChI=1S/C14H15N3OS/c1-16-14(18)13-12(9-15-16)17(7-8-19-13)10-11-5-3-2-4-6-11/h2-6,9H,7-8,10H2,1H3. The van der Waals surface area contributed by atoms with Gasteiger partial charge in [-0.05, 0) is 5.56 Å². The molecule has 0 N–H and O–H groups in total. The third-order valence-corrected chi connectivity index (χ3v) is 4.30. The fraction of sp³-hybridized carbons (Fsp3) is 0.286. The number of anilines is 1. The Bertz CT molecular complexity index is 639. The van der Waals surface area contributed by atoms with Gasteiger partial charge in [-0.1, -0.05) is 30.3 Å². The minimum atomic E-state index is 0.000242. The van der Waals surface area contributed by atoms with E-state index in [9.17, 15) is 4.79 Å². The lowest BCUT2D eigenvalue weighted by molar-refractivity contribution is 0.674. The maximum atomic E-state index is 12.1. The molecule has 0 radical (unpaired) electrons. The van der Waals surface area contributed by atoms with Gasteiger partial charge in [0, 0.05) is 25.9 Å². The van der Waals surface area contributed by atoms with Crippen LogP contribution in [0.5, 0.6) is 0 Å². The summed E-state index contributed by atoms with van der Waals surface area (Å²) in [5.41, 5.74) is 2.21. The van der Waals surface area contributed by atoms with Crippen LogP contribution in [0.25, 0.3) is 0 Å². The van der Waals surface area contributed by atoms with Crippen molar-refractivity contribution < 1.29 is 0 Å². The molecule has 1 aromatic carbocycles. The first-order chi connectivity index (χ1) is 9.25. The van der Waals surface area contributed by atoms with Gasteiger partial charge in [0.25, 0.3) is 5.56 Å². The monoisotopic (exact) mass is 273 g/mol. The SMILES string of the molecule is Cn1ncc2c(c1=O)SCCN2Cc1ccccc1. The van der Waals surface area contributed by atoms with Crippen LogP contribution < -0.4 is 10.5 Å². The van der Waals surface area contributed by atoms with Gasteiger partial charge in [-0.3, -0.25) is 4.79 Å². The molecule has 1 aromatic heterocycles. The van der Waals surface area contributed by atoms with E-state index in [0.717, 1.165) is 29.4 Å². The second-order valence-electron chi connectivity index (χ2n) is 4.54. The highest BCUT2D eigenvalue weighted by Gasteiger charge is 2.21. The Morgan fingerprint density at radius 1 is 1.32 bits per heavy atom. The van der Waals surface area contributed by atoms with Gasteiger partial charge >= 0.3 is 0 Å². The summed E-state index contributed by atoms with van der Waals surface area (Å²) in [5.74, 6) is 0.944. The predicted octanol–water partition coefficient (Wildman–Crippen LogP) is 1.89. The number of rotatable bonds is 2. The highest BCUT2D eigenvalue weighted by Crippen LogP contribution is 2.31. The molecule has 0 aliphatic carbocycles. The number of aromatic nitrogens is 2. The van der Waals surface area contributed by atoms with Crippen molar-refractivity contribution in [2.45, 2.75) is 11.4 Å². The minimum absolute atomic E-state index is 0.000242. The molecule has 2 heterocycles. The minimum Gasteiger partial charge on any atom is -0.364 e. The van der Waals surface area contributed by atoms with Crippen molar-refractivity contribution in [1.29, 1.82) is 0 Å². The van der Waals surface area contributed by atoms with E-state index in [2.05, 4.69) is 22.1 Å². The molecule has 0 fully saturated rings. The van der Waals surface area contributed by atoms with Crippen molar-refractivity contribution in [3.63, 3.8) is 0 Å². The molecule has 98 valence electrons. The van der Waals surface area contributed by atoms with Crippen LogP contribution in [0.4, 0.5) is 5.69 Å². The van der Waals surface area contributed by atoms with E-state index in [0.29, 0.717) is 0 Å². The summed E-state index contributed by atoms with van der Waals surface area (Å²) in [6.45, 7) is 1.77. The first-order valence-corrected chi connectivity index (χ1v) is 7.22. The number of nitrogens with zero attached hydrogens (tertiary/aromatic N) is 3. The molecule has 1 aliphatic heterocycles. The molecule has 0 bridgehead atoms. The normalized spacial score (nSPS) is 14.3. The lowest BCUT2D eigenvalue weighted by atomic mass is 10.2. The highest BCUT2D eigenvalue weighted by atomic mass is 32.2. The van der Waals surface area contributed by atoms with Crippen molar-refractivity contribution in [2.75, 3.05) is 17.2 Å². The summed E-state index contributed by atoms with van der Waals surface area (Å²) < 4.78 is 1.40. The molecular formula is C14H15N3OS. The van der Waals surface area contributed by atoms with Crippen LogP contribution in [-0.4, -0.2) is 22.1 Å². The molecule has 0 saturated carbocycles. The predicted molar refractivity (Wildman–Crippen MR) is 77.7 cm³/mol. The Kier molecular flexibility index (Phi) is 3.29. The first-order valence-electron chi connectivity index (χ1n) is 6.23. The Morgan fingerprint density at radius 2 is 2.11 bits per heavy atom. The molecule has 2 aromatic rings. The molecule has 0 amide bonds. The van der Waals surface area contributed by atoms with Crippen molar-refractivity contribution in [3.8, 4) is 0 Å². The molecule has 0 spiro atoms. The zero-order chi connectivity index (χ0) is 13.2. The fourth-order valence-electron chi connectivity index (χ4n) is 2.22. The maximum absolute atomic E-state index is 12.1. The van der Waals surface area contributed by atoms with Crippen molar-refractivity contribution in [1.82, 2.24) is 9.78 Å². The van der Waals surface area contributed by atoms with E-state index in [-0.39, 0.29) is 5.56 Å². The average molecular weight is 273 g/mol. The van der Waals surface area contributed by atoms with Gasteiger partial charge < -0.3 is 4.90 Å². The molecule has 1 aliphatic rings. The molecular weight excluding hydrogens is 258 g/mol. The Morgan fingerprint density at radius 3 is 2.89 bits per heavy atom. The first kappa shape index (κ1) is 12.3. The van der Waals surface area contributed by atoms with Gasteiger partial charge in [-0.25, -0.2) is 4.68 Å². The van der Waals surface area contributed by atoms with Crippen LogP contribution in [0.2, 0.25) is 0 Å². The van der Waals surface area contributed by atoms with Gasteiger partial charge in [0.2, 0.25) is 0 Å². The molecule has 3 rings (SSSR count). The van der Waals surface area contributed by atoms with Crippen LogP contribution in [0, 0.1) is 0 Å². The highest BCUT2D eigenvalue weighted by molar-refractivity contribution is 7.99. The molecule has 0 saturated heterocycles. The second-order valence-corrected chi connectivity index (χ2v) is 5.65. The summed E-state index contributed by atoms with van der Waals surface area (Å²) in [7, 11) is 1.69. The van der Waals surface area contributed by atoms with Crippen LogP contribution in [0.15, 0.2) is 46.2 Å². The molecule has 5 heteroatoms. The van der Waals surface area contributed by atoms with Crippen molar-refractivity contribution in [3.05, 3.63) is 52.4 Å². The molecule has 0 atom stereocenters. The number of thioether (sulfide) groups is 1. The van der Waals surface area contributed by atoms with Crippen LogP contribution >= 0.6 is 11.8 Å². The lowest BCUT2D eigenvalue weighted by Crippen LogP contribution is -2.33. The Balaban J connectivity index is 1.95. The topological polar surface area (TPSA) is 38.1 Å². The number of benzene rings is 1. The number of aryl methyl sites for hydroxylation is 1. The smallest absolute Gasteiger partial charge is 0.282 e. The van der Waals surface area contributed by atoms with Crippen molar-refractivity contribution in [2.24, 2.45) is 7.05 Å². The Hall–Kier alpha value is -1.75. The number of fused-ring (bicyclic) bond motifs is 1. The third kappa shape index (κ3) is 2.38. The summed E-state index contributed by atoms with van der Waals surface area (Å²) in [5, 5.41) is 4.13. The molecule has 19 heavy (non-hydrogen) atoms. The van der Waals surface area contributed by atoms with E-state index in [1.54, 1.807) is 25.0 Å². The van der Waals surface area contributed by atoms with E-state index in [1.165, 1.54) is 10.2 Å². The van der Waals surface area contributed by atoms with E-state index < -0.39 is 0 Å². The zero-order valence-electron chi connectivity index (χ0n) is 10.7. The lowest BCUT2D eigenvalue weighted by Gasteiger charge is -2.30. The van der Waals surface area contributed by atoms with Gasteiger partial charge in [0.05, 0.1) is 16.8 Å². The zero-order valence-corrected chi connectivity index (χ0v) is 11.6. The van der Waals surface area contributed by atoms with Crippen molar-refractivity contribution >= 4 is 17.4 Å². The molecule has 4 nitrogen and oxygen atoms in total. The third-order valence-electron chi connectivity index (χ3n) is 3.24. The van der Waals surface area contributed by atoms with Gasteiger partial charge in [0.15, 0.2) is 0 Å². The van der Waals surface area contributed by atoms with E-state index >= 15 is 0 Å². The summed E-state index contributed by atoms with van der Waals surface area (Å²) in [6.07, 6.45) is 1.80. The summed E-state index contributed by atoms with van der Waals surface area (Å²) >= 11 is 1.63. The maximum Gasteiger partial charge on any atom is 0.282 e. The average Bonchev–Trinajstić information content (AvgIpc) is 2.45. The fourth-order valence-corrected chi connectivity index (χ4v) is 3.32. The summed E-state index contributed by atoms with van der Waals surface area (Å²) in [4.78, 5) is 15.1. The van der Waals surface area contributed by atoms with E-state index in [1.807, 2.05) is 18.2 Å². The van der Waals surface area contributed by atoms with Crippen LogP contribution in [0.1, 0.15) is 5.56 Å². The Labute approximate surface area is 116 Å². The largest absolute Gasteiger partial charge is 0.364 e. The van der Waals surface area contributed by atoms with Crippen LogP contribution in [-0.2, 0) is 13.6 Å². The summed E-state index contributed by atoms with van der Waals surface area (Å²) in [6, 6.07) is 10.3. The molecule has 0 unspecified atom stereocenters. The van der Waals surface area contributed by atoms with E-state index in [4.69, 9.17) is 0 Å². The quantitative estimate of drug-likeness (QED) is 0.837. The van der Waals surface area contributed by atoms with Crippen LogP contribution in [0.3, 0.4) is 0 Å². The number of hydrogen-bond donors (Lipinski definition) is 0. The number of hydrogen-bond acceptors (Lipinski definition) is 4. The van der Waals surface area contributed by atoms with Gasteiger partial charge in [0.1, 0.15) is 0 Å². The second kappa shape index (κ2) is 5.09. The van der Waals surface area contributed by atoms with Gasteiger partial charge in [-0.2, -0.15) is 5.10 Å².